The monoisotopic (exact) mass is 316 g/mol. The van der Waals surface area contributed by atoms with Gasteiger partial charge in [-0.25, -0.2) is 4.79 Å². The summed E-state index contributed by atoms with van der Waals surface area (Å²) in [5.41, 5.74) is 0.344. The molecule has 1 aromatic rings. The Morgan fingerprint density at radius 1 is 1.14 bits per heavy atom. The van der Waals surface area contributed by atoms with E-state index in [9.17, 15) is 4.79 Å². The first-order valence-corrected chi connectivity index (χ1v) is 7.07. The molecule has 0 aromatic heterocycles. The van der Waals surface area contributed by atoms with Gasteiger partial charge in [0, 0.05) is 19.3 Å². The number of carbonyl (C=O) groups is 1. The first-order chi connectivity index (χ1) is 10.1. The van der Waals surface area contributed by atoms with Crippen LogP contribution in [0.3, 0.4) is 0 Å². The molecule has 0 radical (unpaired) electrons. The van der Waals surface area contributed by atoms with Gasteiger partial charge >= 0.3 is 5.97 Å². The van der Waals surface area contributed by atoms with Crippen molar-refractivity contribution in [1.82, 2.24) is 0 Å². The van der Waals surface area contributed by atoms with Gasteiger partial charge < -0.3 is 23.5 Å². The van der Waals surface area contributed by atoms with E-state index in [1.165, 1.54) is 7.11 Å². The molecule has 118 valence electrons. The third-order valence-electron chi connectivity index (χ3n) is 2.53. The Labute approximate surface area is 126 Å². The van der Waals surface area contributed by atoms with Gasteiger partial charge in [0.05, 0.1) is 22.1 Å². The molecule has 1 unspecified atom stereocenters. The lowest BCUT2D eigenvalue weighted by atomic mass is 10.2. The van der Waals surface area contributed by atoms with Gasteiger partial charge in [0.25, 0.3) is 0 Å². The summed E-state index contributed by atoms with van der Waals surface area (Å²) in [6.07, 6.45) is -0.456. The molecule has 0 amide bonds. The van der Waals surface area contributed by atoms with E-state index in [1.807, 2.05) is 13.8 Å². The summed E-state index contributed by atoms with van der Waals surface area (Å²) in [5.74, 6) is 0.483. The molecule has 21 heavy (non-hydrogen) atoms. The van der Waals surface area contributed by atoms with Gasteiger partial charge in [-0.05, 0) is 26.0 Å². The molecule has 0 bridgehead atoms. The molecule has 6 nitrogen and oxygen atoms in total. The fourth-order valence-corrected chi connectivity index (χ4v) is 1.78. The smallest absolute Gasteiger partial charge is 0.338 e. The molecule has 0 N–H and O–H groups in total. The van der Waals surface area contributed by atoms with E-state index < -0.39 is 12.3 Å². The third-order valence-corrected chi connectivity index (χ3v) is 2.80. The van der Waals surface area contributed by atoms with Crippen molar-refractivity contribution in [3.63, 3.8) is 0 Å². The summed E-state index contributed by atoms with van der Waals surface area (Å²) in [6.45, 7) is 5.02. The fourth-order valence-electron chi connectivity index (χ4n) is 1.64. The molecule has 0 saturated carbocycles. The Balaban J connectivity index is 2.79. The number of esters is 1. The SMILES string of the molecule is CCOC(COc1cc(OP)cc(C(=O)OC)c1)OCC. The lowest BCUT2D eigenvalue weighted by molar-refractivity contribution is -0.152. The molecule has 0 spiro atoms. The highest BCUT2D eigenvalue weighted by atomic mass is 31.0. The van der Waals surface area contributed by atoms with E-state index in [1.54, 1.807) is 18.2 Å². The van der Waals surface area contributed by atoms with Crippen molar-refractivity contribution in [3.05, 3.63) is 23.8 Å². The first-order valence-electron chi connectivity index (χ1n) is 6.60. The van der Waals surface area contributed by atoms with Crippen LogP contribution in [0.15, 0.2) is 18.2 Å². The summed E-state index contributed by atoms with van der Waals surface area (Å²) < 4.78 is 26.1. The minimum atomic E-state index is -0.463. The van der Waals surface area contributed by atoms with Crippen LogP contribution in [0.4, 0.5) is 0 Å². The Bertz CT molecular complexity index is 445. The maximum absolute atomic E-state index is 11.6. The number of hydrogen-bond donors (Lipinski definition) is 0. The van der Waals surface area contributed by atoms with E-state index in [4.69, 9.17) is 18.7 Å². The molecule has 1 aromatic carbocycles. The van der Waals surface area contributed by atoms with Crippen molar-refractivity contribution in [3.8, 4) is 11.5 Å². The number of hydrogen-bond acceptors (Lipinski definition) is 6. The van der Waals surface area contributed by atoms with Crippen molar-refractivity contribution < 1.29 is 28.3 Å². The summed E-state index contributed by atoms with van der Waals surface area (Å²) in [4.78, 5) is 11.6. The summed E-state index contributed by atoms with van der Waals surface area (Å²) in [5, 5.41) is 0. The van der Waals surface area contributed by atoms with Crippen molar-refractivity contribution in [1.29, 1.82) is 0 Å². The molecule has 0 fully saturated rings. The standard InChI is InChI=1S/C14H21O6P/c1-4-17-13(18-5-2)9-19-11-6-10(14(15)16-3)7-12(8-11)20-21/h6-8,13H,4-5,9,21H2,1-3H3. The van der Waals surface area contributed by atoms with Crippen LogP contribution in [-0.2, 0) is 14.2 Å². The number of benzene rings is 1. The van der Waals surface area contributed by atoms with Gasteiger partial charge in [0.1, 0.15) is 18.1 Å². The minimum Gasteiger partial charge on any atom is -0.488 e. The summed E-state index contributed by atoms with van der Waals surface area (Å²) >= 11 is 0. The maximum Gasteiger partial charge on any atom is 0.338 e. The van der Waals surface area contributed by atoms with E-state index >= 15 is 0 Å². The van der Waals surface area contributed by atoms with Crippen LogP contribution in [0.2, 0.25) is 0 Å². The first kappa shape index (κ1) is 17.7. The van der Waals surface area contributed by atoms with Gasteiger partial charge in [0.15, 0.2) is 6.29 Å². The van der Waals surface area contributed by atoms with Gasteiger partial charge in [0.2, 0.25) is 0 Å². The largest absolute Gasteiger partial charge is 0.488 e. The molecular weight excluding hydrogens is 295 g/mol. The van der Waals surface area contributed by atoms with Crippen LogP contribution in [0.1, 0.15) is 24.2 Å². The second-order valence-electron chi connectivity index (χ2n) is 3.95. The minimum absolute atomic E-state index is 0.211. The highest BCUT2D eigenvalue weighted by molar-refractivity contribution is 7.10. The molecule has 0 aliphatic carbocycles. The predicted molar refractivity (Wildman–Crippen MR) is 80.7 cm³/mol. The normalized spacial score (nSPS) is 10.5. The van der Waals surface area contributed by atoms with Gasteiger partial charge in [-0.15, -0.1) is 0 Å². The Morgan fingerprint density at radius 3 is 2.29 bits per heavy atom. The highest BCUT2D eigenvalue weighted by Gasteiger charge is 2.13. The second-order valence-corrected chi connectivity index (χ2v) is 4.19. The van der Waals surface area contributed by atoms with Crippen LogP contribution in [0, 0.1) is 0 Å². The number of ether oxygens (including phenoxy) is 4. The van der Waals surface area contributed by atoms with E-state index in [-0.39, 0.29) is 6.61 Å². The molecule has 0 heterocycles. The summed E-state index contributed by atoms with van der Waals surface area (Å²) in [6, 6.07) is 4.80. The van der Waals surface area contributed by atoms with E-state index in [2.05, 4.69) is 14.2 Å². The zero-order valence-corrected chi connectivity index (χ0v) is 13.6. The molecule has 0 aliphatic rings. The van der Waals surface area contributed by atoms with Gasteiger partial charge in [-0.1, -0.05) is 0 Å². The Hall–Kier alpha value is -1.36. The highest BCUT2D eigenvalue weighted by Crippen LogP contribution is 2.25. The molecular formula is C14H21O6P. The Kier molecular flexibility index (Phi) is 8.05. The Morgan fingerprint density at radius 2 is 1.76 bits per heavy atom. The summed E-state index contributed by atoms with van der Waals surface area (Å²) in [7, 11) is 3.44. The lowest BCUT2D eigenvalue weighted by Gasteiger charge is -2.18. The molecule has 1 atom stereocenters. The molecule has 1 rings (SSSR count). The van der Waals surface area contributed by atoms with Crippen LogP contribution in [0.25, 0.3) is 0 Å². The van der Waals surface area contributed by atoms with Crippen molar-refractivity contribution in [2.75, 3.05) is 26.9 Å². The number of methoxy groups -OCH3 is 1. The van der Waals surface area contributed by atoms with Gasteiger partial charge in [-0.3, -0.25) is 0 Å². The number of carbonyl (C=O) groups excluding carboxylic acids is 1. The van der Waals surface area contributed by atoms with E-state index in [0.717, 1.165) is 0 Å². The molecule has 7 heteroatoms. The molecule has 0 saturated heterocycles. The van der Waals surface area contributed by atoms with Crippen LogP contribution >= 0.6 is 9.47 Å². The third kappa shape index (κ3) is 5.87. The average molecular weight is 316 g/mol. The predicted octanol–water partition coefficient (Wildman–Crippen LogP) is 2.42. The van der Waals surface area contributed by atoms with Crippen molar-refractivity contribution in [2.24, 2.45) is 0 Å². The van der Waals surface area contributed by atoms with Gasteiger partial charge in [-0.2, -0.15) is 0 Å². The van der Waals surface area contributed by atoms with Crippen molar-refractivity contribution >= 4 is 15.4 Å². The quantitative estimate of drug-likeness (QED) is 0.396. The molecule has 0 aliphatic heterocycles. The zero-order valence-electron chi connectivity index (χ0n) is 12.5. The van der Waals surface area contributed by atoms with E-state index in [0.29, 0.717) is 30.3 Å². The fraction of sp³-hybridized carbons (Fsp3) is 0.500. The van der Waals surface area contributed by atoms with Crippen LogP contribution in [0.5, 0.6) is 11.5 Å². The second kappa shape index (κ2) is 9.55. The number of rotatable bonds is 9. The van der Waals surface area contributed by atoms with Crippen LogP contribution < -0.4 is 9.26 Å². The zero-order chi connectivity index (χ0) is 15.7. The maximum atomic E-state index is 11.6. The lowest BCUT2D eigenvalue weighted by Crippen LogP contribution is -2.25. The van der Waals surface area contributed by atoms with Crippen LogP contribution in [-0.4, -0.2) is 39.2 Å². The topological polar surface area (TPSA) is 63.2 Å². The van der Waals surface area contributed by atoms with Crippen molar-refractivity contribution in [2.45, 2.75) is 20.1 Å². The average Bonchev–Trinajstić information content (AvgIpc) is 2.51.